The molecule has 2 rings (SSSR count). The number of unbranched alkanes of at least 4 members (excludes halogenated alkanes) is 1. The number of nitrogens with zero attached hydrogens (tertiary/aromatic N) is 2. The Labute approximate surface area is 93.0 Å². The minimum Gasteiger partial charge on any atom is -0.369 e. The molecule has 0 unspecified atom stereocenters. The molecule has 1 aromatic rings. The second-order valence-electron chi connectivity index (χ2n) is 3.72. The molecule has 0 aliphatic carbocycles. The van der Waals surface area contributed by atoms with Crippen LogP contribution in [0.5, 0.6) is 0 Å². The highest BCUT2D eigenvalue weighted by Gasteiger charge is 2.17. The second kappa shape index (κ2) is 4.34. The summed E-state index contributed by atoms with van der Waals surface area (Å²) < 4.78 is 3.25. The number of rotatable bonds is 3. The molecule has 1 N–H and O–H groups in total. The monoisotopic (exact) mass is 257 g/mol. The summed E-state index contributed by atoms with van der Waals surface area (Å²) in [6.07, 6.45) is 4.70. The van der Waals surface area contributed by atoms with Crippen molar-refractivity contribution in [1.29, 1.82) is 0 Å². The maximum Gasteiger partial charge on any atom is 0.138 e. The van der Waals surface area contributed by atoms with Crippen molar-refractivity contribution in [1.82, 2.24) is 9.78 Å². The van der Waals surface area contributed by atoms with Gasteiger partial charge in [-0.25, -0.2) is 4.68 Å². The zero-order valence-corrected chi connectivity index (χ0v) is 10.1. The Morgan fingerprint density at radius 2 is 2.43 bits per heavy atom. The van der Waals surface area contributed by atoms with Gasteiger partial charge in [-0.1, -0.05) is 13.3 Å². The molecule has 1 aliphatic rings. The number of aryl methyl sites for hydroxylation is 2. The number of hydrogen-bond donors (Lipinski definition) is 1. The zero-order valence-electron chi connectivity index (χ0n) is 8.52. The maximum absolute atomic E-state index is 4.60. The molecule has 2 heterocycles. The van der Waals surface area contributed by atoms with Crippen LogP contribution in [0.3, 0.4) is 0 Å². The van der Waals surface area contributed by atoms with Gasteiger partial charge in [-0.05, 0) is 35.2 Å². The lowest BCUT2D eigenvalue weighted by Gasteiger charge is -2.15. The summed E-state index contributed by atoms with van der Waals surface area (Å²) in [5.41, 5.74) is 1.20. The predicted octanol–water partition coefficient (Wildman–Crippen LogP) is 2.80. The molecular weight excluding hydrogens is 242 g/mol. The molecule has 0 radical (unpaired) electrons. The van der Waals surface area contributed by atoms with E-state index in [1.54, 1.807) is 0 Å². The lowest BCUT2D eigenvalue weighted by atomic mass is 10.2. The van der Waals surface area contributed by atoms with Gasteiger partial charge in [-0.3, -0.25) is 0 Å². The smallest absolute Gasteiger partial charge is 0.138 e. The summed E-state index contributed by atoms with van der Waals surface area (Å²) >= 11 is 3.62. The summed E-state index contributed by atoms with van der Waals surface area (Å²) in [4.78, 5) is 0. The Morgan fingerprint density at radius 1 is 1.57 bits per heavy atom. The molecule has 0 spiro atoms. The summed E-state index contributed by atoms with van der Waals surface area (Å²) in [7, 11) is 0. The Morgan fingerprint density at radius 3 is 3.14 bits per heavy atom. The predicted molar refractivity (Wildman–Crippen MR) is 61.6 cm³/mol. The molecule has 14 heavy (non-hydrogen) atoms. The van der Waals surface area contributed by atoms with Crippen molar-refractivity contribution in [3.8, 4) is 0 Å². The summed E-state index contributed by atoms with van der Waals surface area (Å²) in [5, 5.41) is 7.98. The van der Waals surface area contributed by atoms with Crippen molar-refractivity contribution in [2.45, 2.75) is 39.2 Å². The first kappa shape index (κ1) is 10.0. The van der Waals surface area contributed by atoms with E-state index >= 15 is 0 Å². The number of hydrogen-bond acceptors (Lipinski definition) is 2. The number of halogens is 1. The Kier molecular flexibility index (Phi) is 3.11. The zero-order chi connectivity index (χ0) is 9.97. The van der Waals surface area contributed by atoms with Gasteiger partial charge in [0.15, 0.2) is 0 Å². The van der Waals surface area contributed by atoms with Crippen LogP contribution in [0.2, 0.25) is 0 Å². The fourth-order valence-corrected chi connectivity index (χ4v) is 2.38. The van der Waals surface area contributed by atoms with E-state index in [2.05, 4.69) is 38.0 Å². The van der Waals surface area contributed by atoms with Crippen molar-refractivity contribution in [2.24, 2.45) is 0 Å². The molecule has 4 heteroatoms. The highest BCUT2D eigenvalue weighted by Crippen LogP contribution is 2.29. The van der Waals surface area contributed by atoms with Gasteiger partial charge in [0, 0.05) is 13.1 Å². The van der Waals surface area contributed by atoms with Gasteiger partial charge in [-0.2, -0.15) is 5.10 Å². The molecule has 0 amide bonds. The average Bonchev–Trinajstić information content (AvgIpc) is 2.54. The van der Waals surface area contributed by atoms with Crippen LogP contribution in [0.25, 0.3) is 0 Å². The van der Waals surface area contributed by atoms with E-state index in [1.165, 1.54) is 35.2 Å². The van der Waals surface area contributed by atoms with Crippen molar-refractivity contribution < 1.29 is 0 Å². The topological polar surface area (TPSA) is 29.9 Å². The number of anilines is 1. The Balaban J connectivity index is 2.20. The molecule has 0 saturated heterocycles. The molecule has 0 fully saturated rings. The van der Waals surface area contributed by atoms with Gasteiger partial charge >= 0.3 is 0 Å². The van der Waals surface area contributed by atoms with E-state index in [4.69, 9.17) is 0 Å². The molecule has 78 valence electrons. The van der Waals surface area contributed by atoms with Crippen molar-refractivity contribution in [2.75, 3.05) is 11.9 Å². The van der Waals surface area contributed by atoms with Gasteiger partial charge in [0.2, 0.25) is 0 Å². The van der Waals surface area contributed by atoms with E-state index < -0.39 is 0 Å². The lowest BCUT2D eigenvalue weighted by Crippen LogP contribution is -2.17. The standard InChI is InChI=1S/C10H16BrN3/c1-2-3-5-8-9(11)10-12-6-4-7-14(10)13-8/h12H,2-7H2,1H3. The lowest BCUT2D eigenvalue weighted by molar-refractivity contribution is 0.559. The molecule has 0 atom stereocenters. The first-order chi connectivity index (χ1) is 6.83. The van der Waals surface area contributed by atoms with Crippen molar-refractivity contribution in [3.05, 3.63) is 10.2 Å². The van der Waals surface area contributed by atoms with Crippen LogP contribution in [0.4, 0.5) is 5.82 Å². The minimum absolute atomic E-state index is 1.05. The second-order valence-corrected chi connectivity index (χ2v) is 4.51. The third-order valence-corrected chi connectivity index (χ3v) is 3.40. The van der Waals surface area contributed by atoms with Crippen LogP contribution in [-0.2, 0) is 13.0 Å². The van der Waals surface area contributed by atoms with Crippen LogP contribution in [0.15, 0.2) is 4.47 Å². The Bertz CT molecular complexity index is 319. The van der Waals surface area contributed by atoms with Crippen molar-refractivity contribution >= 4 is 21.7 Å². The molecule has 1 aromatic heterocycles. The highest BCUT2D eigenvalue weighted by atomic mass is 79.9. The van der Waals surface area contributed by atoms with Crippen LogP contribution in [0.1, 0.15) is 31.9 Å². The average molecular weight is 258 g/mol. The van der Waals surface area contributed by atoms with E-state index in [0.29, 0.717) is 0 Å². The first-order valence-electron chi connectivity index (χ1n) is 5.32. The number of nitrogens with one attached hydrogen (secondary N) is 1. The van der Waals surface area contributed by atoms with Gasteiger partial charge in [0.1, 0.15) is 5.82 Å². The van der Waals surface area contributed by atoms with E-state index in [1.807, 2.05) is 0 Å². The first-order valence-corrected chi connectivity index (χ1v) is 6.11. The van der Waals surface area contributed by atoms with Crippen LogP contribution in [-0.4, -0.2) is 16.3 Å². The quantitative estimate of drug-likeness (QED) is 0.903. The van der Waals surface area contributed by atoms with Gasteiger partial charge in [0.05, 0.1) is 10.2 Å². The van der Waals surface area contributed by atoms with Crippen LogP contribution >= 0.6 is 15.9 Å². The van der Waals surface area contributed by atoms with Gasteiger partial charge < -0.3 is 5.32 Å². The molecule has 1 aliphatic heterocycles. The molecule has 0 bridgehead atoms. The number of fused-ring (bicyclic) bond motifs is 1. The normalized spacial score (nSPS) is 15.0. The summed E-state index contributed by atoms with van der Waals surface area (Å²) in [5.74, 6) is 1.17. The maximum atomic E-state index is 4.60. The van der Waals surface area contributed by atoms with E-state index in [-0.39, 0.29) is 0 Å². The molecular formula is C10H16BrN3. The van der Waals surface area contributed by atoms with E-state index in [9.17, 15) is 0 Å². The highest BCUT2D eigenvalue weighted by molar-refractivity contribution is 9.10. The molecule has 0 saturated carbocycles. The van der Waals surface area contributed by atoms with Crippen LogP contribution < -0.4 is 5.32 Å². The summed E-state index contributed by atoms with van der Waals surface area (Å²) in [6.45, 7) is 4.33. The fourth-order valence-electron chi connectivity index (χ4n) is 1.76. The summed E-state index contributed by atoms with van der Waals surface area (Å²) in [6, 6.07) is 0. The fraction of sp³-hybridized carbons (Fsp3) is 0.700. The van der Waals surface area contributed by atoms with Gasteiger partial charge in [0.25, 0.3) is 0 Å². The SMILES string of the molecule is CCCCc1nn2c(c1Br)NCCC2. The van der Waals surface area contributed by atoms with Crippen LogP contribution in [0, 0.1) is 0 Å². The van der Waals surface area contributed by atoms with E-state index in [0.717, 1.165) is 19.5 Å². The minimum atomic E-state index is 1.05. The van der Waals surface area contributed by atoms with Gasteiger partial charge in [-0.15, -0.1) is 0 Å². The molecule has 3 nitrogen and oxygen atoms in total. The molecule has 0 aromatic carbocycles. The third kappa shape index (κ3) is 1.80. The third-order valence-electron chi connectivity index (χ3n) is 2.57. The van der Waals surface area contributed by atoms with Crippen molar-refractivity contribution in [3.63, 3.8) is 0 Å². The largest absolute Gasteiger partial charge is 0.369 e. The Hall–Kier alpha value is -0.510. The number of aromatic nitrogens is 2.